The maximum Gasteiger partial charge on any atom is 0.270 e. The average Bonchev–Trinajstić information content (AvgIpc) is 2.96. The Morgan fingerprint density at radius 1 is 1.27 bits per heavy atom. The number of rotatable bonds is 2. The Labute approximate surface area is 136 Å². The van der Waals surface area contributed by atoms with Crippen molar-refractivity contribution in [2.24, 2.45) is 0 Å². The SMILES string of the molecule is O=C1NC(=S)N(c2cccc(Cl)c2)C(=O)C1=Cc1ccoc1. The normalized spacial score (nSPS) is 17.0. The first-order chi connectivity index (χ1) is 10.6. The Morgan fingerprint density at radius 2 is 2.09 bits per heavy atom. The van der Waals surface area contributed by atoms with Crippen molar-refractivity contribution in [2.75, 3.05) is 4.90 Å². The number of halogens is 1. The number of hydrogen-bond donors (Lipinski definition) is 1. The third-order valence-corrected chi connectivity index (χ3v) is 3.54. The van der Waals surface area contributed by atoms with Crippen molar-refractivity contribution in [1.29, 1.82) is 0 Å². The van der Waals surface area contributed by atoms with E-state index in [1.165, 1.54) is 23.5 Å². The fourth-order valence-electron chi connectivity index (χ4n) is 2.03. The Balaban J connectivity index is 2.03. The maximum atomic E-state index is 12.6. The average molecular weight is 333 g/mol. The molecule has 0 spiro atoms. The number of carbonyl (C=O) groups is 2. The van der Waals surface area contributed by atoms with Crippen LogP contribution < -0.4 is 10.2 Å². The van der Waals surface area contributed by atoms with Gasteiger partial charge in [-0.25, -0.2) is 0 Å². The van der Waals surface area contributed by atoms with Gasteiger partial charge in [0.05, 0.1) is 18.2 Å². The molecule has 2 aromatic rings. The summed E-state index contributed by atoms with van der Waals surface area (Å²) in [4.78, 5) is 25.9. The lowest BCUT2D eigenvalue weighted by Crippen LogP contribution is -2.54. The van der Waals surface area contributed by atoms with Crippen LogP contribution in [0.5, 0.6) is 0 Å². The van der Waals surface area contributed by atoms with Crippen LogP contribution in [0, 0.1) is 0 Å². The van der Waals surface area contributed by atoms with Gasteiger partial charge in [-0.15, -0.1) is 0 Å². The minimum atomic E-state index is -0.547. The molecular formula is C15H9ClN2O3S. The first kappa shape index (κ1) is 14.5. The predicted octanol–water partition coefficient (Wildman–Crippen LogP) is 2.76. The number of nitrogens with one attached hydrogen (secondary N) is 1. The molecule has 2 amide bonds. The number of amides is 2. The van der Waals surface area contributed by atoms with Crippen molar-refractivity contribution < 1.29 is 14.0 Å². The number of hydrogen-bond acceptors (Lipinski definition) is 4. The van der Waals surface area contributed by atoms with Gasteiger partial charge in [0.15, 0.2) is 5.11 Å². The summed E-state index contributed by atoms with van der Waals surface area (Å²) in [6.07, 6.45) is 4.33. The van der Waals surface area contributed by atoms with Crippen LogP contribution >= 0.6 is 23.8 Å². The highest BCUT2D eigenvalue weighted by Crippen LogP contribution is 2.24. The van der Waals surface area contributed by atoms with Gasteiger partial charge in [-0.1, -0.05) is 17.7 Å². The Morgan fingerprint density at radius 3 is 2.77 bits per heavy atom. The standard InChI is InChI=1S/C15H9ClN2O3S/c16-10-2-1-3-11(7-10)18-14(20)12(13(19)17-15(18)22)6-9-4-5-21-8-9/h1-8H,(H,17,19,22). The van der Waals surface area contributed by atoms with Crippen LogP contribution in [-0.4, -0.2) is 16.9 Å². The Bertz CT molecular complexity index is 799. The van der Waals surface area contributed by atoms with Gasteiger partial charge in [-0.2, -0.15) is 0 Å². The summed E-state index contributed by atoms with van der Waals surface area (Å²) < 4.78 is 4.93. The number of carbonyl (C=O) groups excluding carboxylic acids is 2. The van der Waals surface area contributed by atoms with Gasteiger partial charge in [0.1, 0.15) is 5.57 Å². The minimum absolute atomic E-state index is 0.0154. The molecule has 0 radical (unpaired) electrons. The summed E-state index contributed by atoms with van der Waals surface area (Å²) >= 11 is 11.0. The van der Waals surface area contributed by atoms with Crippen LogP contribution in [-0.2, 0) is 9.59 Å². The van der Waals surface area contributed by atoms with Crippen LogP contribution in [0.2, 0.25) is 5.02 Å². The largest absolute Gasteiger partial charge is 0.472 e. The Kier molecular flexibility index (Phi) is 3.79. The summed E-state index contributed by atoms with van der Waals surface area (Å²) in [7, 11) is 0. The van der Waals surface area contributed by atoms with E-state index in [1.54, 1.807) is 30.3 Å². The van der Waals surface area contributed by atoms with Crippen LogP contribution in [0.15, 0.2) is 52.8 Å². The summed E-state index contributed by atoms with van der Waals surface area (Å²) in [5.41, 5.74) is 1.06. The smallest absolute Gasteiger partial charge is 0.270 e. The van der Waals surface area contributed by atoms with Crippen molar-refractivity contribution in [1.82, 2.24) is 5.32 Å². The van der Waals surface area contributed by atoms with Gasteiger partial charge < -0.3 is 4.42 Å². The van der Waals surface area contributed by atoms with Crippen molar-refractivity contribution in [2.45, 2.75) is 0 Å². The van der Waals surface area contributed by atoms with E-state index in [-0.39, 0.29) is 10.7 Å². The van der Waals surface area contributed by atoms with E-state index in [9.17, 15) is 9.59 Å². The van der Waals surface area contributed by atoms with Crippen molar-refractivity contribution >= 4 is 52.5 Å². The lowest BCUT2D eigenvalue weighted by Gasteiger charge is -2.28. The van der Waals surface area contributed by atoms with Gasteiger partial charge in [-0.3, -0.25) is 19.8 Å². The molecule has 3 rings (SSSR count). The van der Waals surface area contributed by atoms with Crippen molar-refractivity contribution in [3.05, 3.63) is 59.0 Å². The van der Waals surface area contributed by atoms with Crippen LogP contribution in [0.25, 0.3) is 6.08 Å². The van der Waals surface area contributed by atoms with E-state index in [0.717, 1.165) is 0 Å². The molecule has 0 bridgehead atoms. The third kappa shape index (κ3) is 2.66. The number of thiocarbonyl (C=S) groups is 1. The van der Waals surface area contributed by atoms with Gasteiger partial charge in [0.2, 0.25) is 0 Å². The highest BCUT2D eigenvalue weighted by molar-refractivity contribution is 7.80. The number of anilines is 1. The molecule has 1 aliphatic rings. The van der Waals surface area contributed by atoms with Gasteiger partial charge in [-0.05, 0) is 42.6 Å². The zero-order valence-corrected chi connectivity index (χ0v) is 12.6. The molecule has 1 aliphatic heterocycles. The molecule has 22 heavy (non-hydrogen) atoms. The molecule has 1 aromatic carbocycles. The zero-order chi connectivity index (χ0) is 15.7. The Hall–Kier alpha value is -2.44. The molecule has 0 saturated carbocycles. The molecule has 7 heteroatoms. The highest BCUT2D eigenvalue weighted by atomic mass is 35.5. The van der Waals surface area contributed by atoms with Crippen LogP contribution in [0.4, 0.5) is 5.69 Å². The topological polar surface area (TPSA) is 62.6 Å². The monoisotopic (exact) mass is 332 g/mol. The molecule has 0 unspecified atom stereocenters. The van der Waals surface area contributed by atoms with E-state index < -0.39 is 11.8 Å². The zero-order valence-electron chi connectivity index (χ0n) is 11.1. The van der Waals surface area contributed by atoms with E-state index >= 15 is 0 Å². The van der Waals surface area contributed by atoms with E-state index in [2.05, 4.69) is 5.32 Å². The lowest BCUT2D eigenvalue weighted by molar-refractivity contribution is -0.122. The molecule has 1 saturated heterocycles. The molecule has 110 valence electrons. The molecule has 0 aliphatic carbocycles. The second-order valence-electron chi connectivity index (χ2n) is 4.49. The molecule has 1 fully saturated rings. The van der Waals surface area contributed by atoms with Gasteiger partial charge in [0.25, 0.3) is 11.8 Å². The van der Waals surface area contributed by atoms with Crippen molar-refractivity contribution in [3.63, 3.8) is 0 Å². The number of nitrogens with zero attached hydrogens (tertiary/aromatic N) is 1. The first-order valence-corrected chi connectivity index (χ1v) is 7.04. The first-order valence-electron chi connectivity index (χ1n) is 6.25. The van der Waals surface area contributed by atoms with Crippen LogP contribution in [0.1, 0.15) is 5.56 Å². The fraction of sp³-hybridized carbons (Fsp3) is 0. The fourth-order valence-corrected chi connectivity index (χ4v) is 2.50. The third-order valence-electron chi connectivity index (χ3n) is 3.02. The number of benzene rings is 1. The summed E-state index contributed by atoms with van der Waals surface area (Å²) in [6, 6.07) is 8.30. The second-order valence-corrected chi connectivity index (χ2v) is 5.32. The molecule has 0 atom stereocenters. The molecular weight excluding hydrogens is 324 g/mol. The predicted molar refractivity (Wildman–Crippen MR) is 86.4 cm³/mol. The van der Waals surface area contributed by atoms with Gasteiger partial charge in [0, 0.05) is 10.6 Å². The molecule has 2 heterocycles. The quantitative estimate of drug-likeness (QED) is 0.522. The highest BCUT2D eigenvalue weighted by Gasteiger charge is 2.34. The molecule has 1 aromatic heterocycles. The minimum Gasteiger partial charge on any atom is -0.472 e. The van der Waals surface area contributed by atoms with Gasteiger partial charge >= 0.3 is 0 Å². The van der Waals surface area contributed by atoms with Crippen LogP contribution in [0.3, 0.4) is 0 Å². The van der Waals surface area contributed by atoms with E-state index in [4.69, 9.17) is 28.2 Å². The van der Waals surface area contributed by atoms with E-state index in [1.807, 2.05) is 0 Å². The summed E-state index contributed by atoms with van der Waals surface area (Å²) in [5, 5.41) is 2.97. The van der Waals surface area contributed by atoms with E-state index in [0.29, 0.717) is 16.3 Å². The molecule has 5 nitrogen and oxygen atoms in total. The maximum absolute atomic E-state index is 12.6. The summed E-state index contributed by atoms with van der Waals surface area (Å²) in [6.45, 7) is 0. The van der Waals surface area contributed by atoms with Crippen molar-refractivity contribution in [3.8, 4) is 0 Å². The lowest BCUT2D eigenvalue weighted by atomic mass is 10.1. The molecule has 1 N–H and O–H groups in total. The number of furan rings is 1. The second kappa shape index (κ2) is 5.75. The summed E-state index contributed by atoms with van der Waals surface area (Å²) in [5.74, 6) is -1.06.